The molecule has 0 spiro atoms. The van der Waals surface area contributed by atoms with Gasteiger partial charge in [-0.3, -0.25) is 4.79 Å². The summed E-state index contributed by atoms with van der Waals surface area (Å²) in [5, 5.41) is 5.24. The monoisotopic (exact) mass is 343 g/mol. The van der Waals surface area contributed by atoms with Crippen molar-refractivity contribution >= 4 is 22.4 Å². The molecule has 24 heavy (non-hydrogen) atoms. The maximum atomic E-state index is 12.2. The lowest BCUT2D eigenvalue weighted by Gasteiger charge is -2.03. The lowest BCUT2D eigenvalue weighted by atomic mass is 10.2. The molecule has 0 aliphatic rings. The second kappa shape index (κ2) is 6.84. The second-order valence-electron chi connectivity index (χ2n) is 5.24. The van der Waals surface area contributed by atoms with Crippen molar-refractivity contribution < 1.29 is 13.9 Å². The van der Waals surface area contributed by atoms with Crippen LogP contribution in [0.4, 0.5) is 5.13 Å². The highest BCUT2D eigenvalue weighted by Gasteiger charge is 2.17. The quantitative estimate of drug-likeness (QED) is 0.766. The lowest BCUT2D eigenvalue weighted by molar-refractivity contribution is -0.115. The molecule has 0 unspecified atom stereocenters. The maximum Gasteiger partial charge on any atom is 0.232 e. The fourth-order valence-electron chi connectivity index (χ4n) is 2.26. The van der Waals surface area contributed by atoms with Crippen molar-refractivity contribution in [2.75, 3.05) is 12.4 Å². The van der Waals surface area contributed by atoms with E-state index in [0.29, 0.717) is 28.2 Å². The zero-order valence-electron chi connectivity index (χ0n) is 13.6. The number of ether oxygens (including phenoxy) is 1. The number of nitrogens with one attached hydrogen (secondary N) is 1. The Hall–Kier alpha value is -2.67. The van der Waals surface area contributed by atoms with Crippen LogP contribution in [0.1, 0.15) is 17.1 Å². The van der Waals surface area contributed by atoms with E-state index in [4.69, 9.17) is 9.15 Å². The number of carbonyl (C=O) groups excluding carboxylic acids is 1. The average molecular weight is 343 g/mol. The molecule has 0 atom stereocenters. The zero-order chi connectivity index (χ0) is 17.1. The highest BCUT2D eigenvalue weighted by atomic mass is 32.1. The molecule has 2 heterocycles. The van der Waals surface area contributed by atoms with Crippen LogP contribution >= 0.6 is 11.3 Å². The number of hydrogen-bond acceptors (Lipinski definition) is 6. The molecule has 7 heteroatoms. The van der Waals surface area contributed by atoms with Crippen molar-refractivity contribution in [2.24, 2.45) is 0 Å². The number of carbonyl (C=O) groups is 1. The Morgan fingerprint density at radius 3 is 2.79 bits per heavy atom. The molecule has 6 nitrogen and oxygen atoms in total. The van der Waals surface area contributed by atoms with Gasteiger partial charge in [0.15, 0.2) is 5.13 Å². The normalized spacial score (nSPS) is 10.6. The van der Waals surface area contributed by atoms with Crippen LogP contribution in [0, 0.1) is 13.8 Å². The Bertz CT molecular complexity index is 870. The number of anilines is 1. The third kappa shape index (κ3) is 3.46. The topological polar surface area (TPSA) is 77.2 Å². The fraction of sp³-hybridized carbons (Fsp3) is 0.235. The summed E-state index contributed by atoms with van der Waals surface area (Å²) in [6, 6.07) is 7.47. The molecule has 0 saturated heterocycles. The van der Waals surface area contributed by atoms with Crippen molar-refractivity contribution in [3.63, 3.8) is 0 Å². The first-order valence-corrected chi connectivity index (χ1v) is 8.26. The second-order valence-corrected chi connectivity index (χ2v) is 6.10. The first kappa shape index (κ1) is 16.2. The molecular formula is C17H17N3O3S. The van der Waals surface area contributed by atoms with Crippen LogP contribution in [0.2, 0.25) is 0 Å². The number of nitrogens with zero attached hydrogens (tertiary/aromatic N) is 2. The Balaban J connectivity index is 1.78. The van der Waals surface area contributed by atoms with Crippen LogP contribution in [-0.2, 0) is 11.2 Å². The van der Waals surface area contributed by atoms with E-state index in [1.165, 1.54) is 11.3 Å². The predicted molar refractivity (Wildman–Crippen MR) is 92.4 cm³/mol. The van der Waals surface area contributed by atoms with Crippen molar-refractivity contribution in [1.82, 2.24) is 9.97 Å². The van der Waals surface area contributed by atoms with E-state index >= 15 is 0 Å². The average Bonchev–Trinajstić information content (AvgIpc) is 3.13. The summed E-state index contributed by atoms with van der Waals surface area (Å²) >= 11 is 1.40. The number of aromatic nitrogens is 2. The molecule has 0 radical (unpaired) electrons. The van der Waals surface area contributed by atoms with Crippen LogP contribution < -0.4 is 10.1 Å². The molecule has 1 aromatic carbocycles. The van der Waals surface area contributed by atoms with Crippen molar-refractivity contribution in [1.29, 1.82) is 0 Å². The van der Waals surface area contributed by atoms with Crippen LogP contribution in [0.25, 0.3) is 11.5 Å². The SMILES string of the molecule is COc1ccccc1-c1nc(CC(=O)Nc2nc(C)cs2)c(C)o1. The van der Waals surface area contributed by atoms with E-state index < -0.39 is 0 Å². The lowest BCUT2D eigenvalue weighted by Crippen LogP contribution is -2.15. The summed E-state index contributed by atoms with van der Waals surface area (Å²) in [7, 11) is 1.60. The molecule has 0 fully saturated rings. The zero-order valence-corrected chi connectivity index (χ0v) is 14.4. The van der Waals surface area contributed by atoms with Gasteiger partial charge >= 0.3 is 0 Å². The number of methoxy groups -OCH3 is 1. The van der Waals surface area contributed by atoms with E-state index in [-0.39, 0.29) is 12.3 Å². The van der Waals surface area contributed by atoms with Crippen LogP contribution in [-0.4, -0.2) is 23.0 Å². The highest BCUT2D eigenvalue weighted by Crippen LogP contribution is 2.30. The summed E-state index contributed by atoms with van der Waals surface area (Å²) in [4.78, 5) is 20.8. The van der Waals surface area contributed by atoms with Gasteiger partial charge in [0.2, 0.25) is 11.8 Å². The maximum absolute atomic E-state index is 12.2. The van der Waals surface area contributed by atoms with Crippen LogP contribution in [0.3, 0.4) is 0 Å². The van der Waals surface area contributed by atoms with Crippen LogP contribution in [0.15, 0.2) is 34.1 Å². The third-order valence-electron chi connectivity index (χ3n) is 3.42. The molecule has 0 aliphatic heterocycles. The van der Waals surface area contributed by atoms with Gasteiger partial charge in [-0.05, 0) is 26.0 Å². The number of benzene rings is 1. The smallest absolute Gasteiger partial charge is 0.232 e. The van der Waals surface area contributed by atoms with Gasteiger partial charge in [-0.25, -0.2) is 9.97 Å². The summed E-state index contributed by atoms with van der Waals surface area (Å²) in [6.07, 6.45) is 0.128. The molecular weight excluding hydrogens is 326 g/mol. The minimum Gasteiger partial charge on any atom is -0.496 e. The Labute approximate surface area is 143 Å². The molecule has 0 bridgehead atoms. The van der Waals surface area contributed by atoms with Gasteiger partial charge in [0.05, 0.1) is 30.5 Å². The molecule has 124 valence electrons. The van der Waals surface area contributed by atoms with E-state index in [1.807, 2.05) is 36.6 Å². The van der Waals surface area contributed by atoms with Gasteiger partial charge in [0, 0.05) is 5.38 Å². The third-order valence-corrected chi connectivity index (χ3v) is 4.30. The Morgan fingerprint density at radius 2 is 2.08 bits per heavy atom. The molecule has 2 aromatic heterocycles. The van der Waals surface area contributed by atoms with Crippen molar-refractivity contribution in [3.8, 4) is 17.2 Å². The number of aryl methyl sites for hydroxylation is 2. The summed E-state index contributed by atoms with van der Waals surface area (Å²) < 4.78 is 11.0. The highest BCUT2D eigenvalue weighted by molar-refractivity contribution is 7.13. The first-order chi connectivity index (χ1) is 11.6. The summed E-state index contributed by atoms with van der Waals surface area (Å²) in [5.41, 5.74) is 2.23. The summed E-state index contributed by atoms with van der Waals surface area (Å²) in [6.45, 7) is 3.68. The van der Waals surface area contributed by atoms with Gasteiger partial charge in [0.1, 0.15) is 11.5 Å². The molecule has 3 rings (SSSR count). The number of amides is 1. The van der Waals surface area contributed by atoms with Crippen LogP contribution in [0.5, 0.6) is 5.75 Å². The fourth-order valence-corrected chi connectivity index (χ4v) is 2.96. The van der Waals surface area contributed by atoms with E-state index in [1.54, 1.807) is 14.0 Å². The van der Waals surface area contributed by atoms with E-state index in [9.17, 15) is 4.79 Å². The van der Waals surface area contributed by atoms with E-state index in [2.05, 4.69) is 15.3 Å². The van der Waals surface area contributed by atoms with Gasteiger partial charge in [-0.1, -0.05) is 12.1 Å². The van der Waals surface area contributed by atoms with Crippen molar-refractivity contribution in [3.05, 3.63) is 46.8 Å². The molecule has 0 saturated carbocycles. The van der Waals surface area contributed by atoms with Gasteiger partial charge in [-0.2, -0.15) is 0 Å². The Morgan fingerprint density at radius 1 is 1.29 bits per heavy atom. The largest absolute Gasteiger partial charge is 0.496 e. The van der Waals surface area contributed by atoms with Gasteiger partial charge in [0.25, 0.3) is 0 Å². The minimum atomic E-state index is -0.174. The van der Waals surface area contributed by atoms with E-state index in [0.717, 1.165) is 11.3 Å². The van der Waals surface area contributed by atoms with Gasteiger partial charge < -0.3 is 14.5 Å². The summed E-state index contributed by atoms with van der Waals surface area (Å²) in [5.74, 6) is 1.56. The number of hydrogen-bond donors (Lipinski definition) is 1. The number of oxazole rings is 1. The Kier molecular flexibility index (Phi) is 4.61. The minimum absolute atomic E-state index is 0.128. The predicted octanol–water partition coefficient (Wildman–Crippen LogP) is 3.60. The molecule has 1 N–H and O–H groups in total. The number of rotatable bonds is 5. The van der Waals surface area contributed by atoms with Gasteiger partial charge in [-0.15, -0.1) is 11.3 Å². The number of para-hydroxylation sites is 1. The standard InChI is InChI=1S/C17H17N3O3S/c1-10-9-24-17(18-10)20-15(21)8-13-11(2)23-16(19-13)12-6-4-5-7-14(12)22-3/h4-7,9H,8H2,1-3H3,(H,18,20,21). The van der Waals surface area contributed by atoms with Crippen molar-refractivity contribution in [2.45, 2.75) is 20.3 Å². The first-order valence-electron chi connectivity index (χ1n) is 7.38. The molecule has 0 aliphatic carbocycles. The number of thiazole rings is 1. The molecule has 1 amide bonds. The molecule has 3 aromatic rings.